The van der Waals surface area contributed by atoms with Gasteiger partial charge in [0.1, 0.15) is 0 Å². The Morgan fingerprint density at radius 2 is 1.29 bits per heavy atom. The lowest BCUT2D eigenvalue weighted by molar-refractivity contribution is 0.279. The van der Waals surface area contributed by atoms with Crippen LogP contribution in [0.3, 0.4) is 0 Å². The van der Waals surface area contributed by atoms with Crippen molar-refractivity contribution in [2.45, 2.75) is 70.3 Å². The third kappa shape index (κ3) is 2.39. The SMILES string of the molecule is NNC(C1CCCCCC1)C1C2CCCCC21. The van der Waals surface area contributed by atoms with Crippen molar-refractivity contribution in [3.8, 4) is 0 Å². The Kier molecular flexibility index (Phi) is 3.72. The first-order valence-electron chi connectivity index (χ1n) is 7.88. The number of hydrogen-bond donors (Lipinski definition) is 2. The topological polar surface area (TPSA) is 38.0 Å². The highest BCUT2D eigenvalue weighted by molar-refractivity contribution is 5.05. The number of nitrogens with two attached hydrogens (primary N) is 1. The highest BCUT2D eigenvalue weighted by atomic mass is 15.2. The van der Waals surface area contributed by atoms with Crippen LogP contribution in [0.4, 0.5) is 0 Å². The number of rotatable bonds is 3. The summed E-state index contributed by atoms with van der Waals surface area (Å²) in [5.41, 5.74) is 3.22. The summed E-state index contributed by atoms with van der Waals surface area (Å²) in [7, 11) is 0. The van der Waals surface area contributed by atoms with Crippen LogP contribution < -0.4 is 11.3 Å². The molecule has 0 radical (unpaired) electrons. The molecule has 0 aromatic heterocycles. The number of nitrogens with one attached hydrogen (secondary N) is 1. The normalized spacial score (nSPS) is 40.4. The molecule has 3 rings (SSSR count). The fraction of sp³-hybridized carbons (Fsp3) is 1.00. The largest absolute Gasteiger partial charge is 0.271 e. The van der Waals surface area contributed by atoms with E-state index in [2.05, 4.69) is 5.43 Å². The third-order valence-corrected chi connectivity index (χ3v) is 5.74. The summed E-state index contributed by atoms with van der Waals surface area (Å²) in [6.45, 7) is 0. The maximum atomic E-state index is 5.90. The van der Waals surface area contributed by atoms with E-state index in [0.717, 1.165) is 23.7 Å². The molecule has 0 bridgehead atoms. The van der Waals surface area contributed by atoms with E-state index in [1.807, 2.05) is 0 Å². The van der Waals surface area contributed by atoms with E-state index in [-0.39, 0.29) is 0 Å². The highest BCUT2D eigenvalue weighted by Crippen LogP contribution is 2.58. The average molecular weight is 236 g/mol. The van der Waals surface area contributed by atoms with Crippen LogP contribution in [0.1, 0.15) is 64.2 Å². The minimum absolute atomic E-state index is 0.640. The van der Waals surface area contributed by atoms with Gasteiger partial charge in [0, 0.05) is 6.04 Å². The Balaban J connectivity index is 1.62. The van der Waals surface area contributed by atoms with Crippen LogP contribution in [0.25, 0.3) is 0 Å². The highest BCUT2D eigenvalue weighted by Gasteiger charge is 2.55. The molecule has 3 saturated carbocycles. The Morgan fingerprint density at radius 1 is 0.765 bits per heavy atom. The van der Waals surface area contributed by atoms with Gasteiger partial charge >= 0.3 is 0 Å². The second kappa shape index (κ2) is 5.27. The molecule has 3 fully saturated rings. The van der Waals surface area contributed by atoms with Crippen LogP contribution in [0.2, 0.25) is 0 Å². The number of hydrazine groups is 1. The lowest BCUT2D eigenvalue weighted by Crippen LogP contribution is -2.43. The zero-order valence-electron chi connectivity index (χ0n) is 11.0. The van der Waals surface area contributed by atoms with Crippen LogP contribution in [0, 0.1) is 23.7 Å². The van der Waals surface area contributed by atoms with Crippen molar-refractivity contribution in [3.05, 3.63) is 0 Å². The molecule has 3 N–H and O–H groups in total. The second-order valence-electron chi connectivity index (χ2n) is 6.63. The first-order valence-corrected chi connectivity index (χ1v) is 7.88. The van der Waals surface area contributed by atoms with E-state index >= 15 is 0 Å². The van der Waals surface area contributed by atoms with Gasteiger partial charge in [-0.3, -0.25) is 11.3 Å². The molecule has 0 heterocycles. The van der Waals surface area contributed by atoms with Crippen molar-refractivity contribution in [2.24, 2.45) is 29.5 Å². The fourth-order valence-electron chi connectivity index (χ4n) is 4.81. The van der Waals surface area contributed by atoms with Gasteiger partial charge in [0.05, 0.1) is 0 Å². The lowest BCUT2D eigenvalue weighted by atomic mass is 9.88. The van der Waals surface area contributed by atoms with Crippen molar-refractivity contribution < 1.29 is 0 Å². The fourth-order valence-corrected chi connectivity index (χ4v) is 4.81. The smallest absolute Gasteiger partial charge is 0.0272 e. The molecule has 2 nitrogen and oxygen atoms in total. The van der Waals surface area contributed by atoms with Crippen molar-refractivity contribution in [1.82, 2.24) is 5.43 Å². The van der Waals surface area contributed by atoms with Gasteiger partial charge in [-0.25, -0.2) is 0 Å². The molecular weight excluding hydrogens is 208 g/mol. The Morgan fingerprint density at radius 3 is 1.82 bits per heavy atom. The number of hydrogen-bond acceptors (Lipinski definition) is 2. The summed E-state index contributed by atoms with van der Waals surface area (Å²) in [6, 6.07) is 0.640. The van der Waals surface area contributed by atoms with E-state index in [1.54, 1.807) is 0 Å². The van der Waals surface area contributed by atoms with Gasteiger partial charge in [0.25, 0.3) is 0 Å². The molecule has 2 heteroatoms. The summed E-state index contributed by atoms with van der Waals surface area (Å²) < 4.78 is 0. The summed E-state index contributed by atoms with van der Waals surface area (Å²) in [5, 5.41) is 0. The maximum Gasteiger partial charge on any atom is 0.0272 e. The summed E-state index contributed by atoms with van der Waals surface area (Å²) in [4.78, 5) is 0. The summed E-state index contributed by atoms with van der Waals surface area (Å²) in [5.74, 6) is 9.78. The maximum absolute atomic E-state index is 5.90. The minimum atomic E-state index is 0.640. The minimum Gasteiger partial charge on any atom is -0.271 e. The number of fused-ring (bicyclic) bond motifs is 1. The van der Waals surface area contributed by atoms with Gasteiger partial charge in [-0.1, -0.05) is 38.5 Å². The molecule has 3 atom stereocenters. The molecule has 0 aromatic carbocycles. The molecule has 3 aliphatic rings. The van der Waals surface area contributed by atoms with Gasteiger partial charge in [-0.15, -0.1) is 0 Å². The summed E-state index contributed by atoms with van der Waals surface area (Å²) in [6.07, 6.45) is 14.5. The molecule has 0 aliphatic heterocycles. The summed E-state index contributed by atoms with van der Waals surface area (Å²) >= 11 is 0. The first kappa shape index (κ1) is 12.0. The molecule has 0 saturated heterocycles. The lowest BCUT2D eigenvalue weighted by Gasteiger charge is -2.26. The van der Waals surface area contributed by atoms with Crippen molar-refractivity contribution in [2.75, 3.05) is 0 Å². The molecule has 0 spiro atoms. The molecule has 3 unspecified atom stereocenters. The monoisotopic (exact) mass is 236 g/mol. The second-order valence-corrected chi connectivity index (χ2v) is 6.63. The molecular formula is C15H28N2. The van der Waals surface area contributed by atoms with Gasteiger partial charge in [-0.2, -0.15) is 0 Å². The molecule has 17 heavy (non-hydrogen) atoms. The average Bonchev–Trinajstić information content (AvgIpc) is 3.12. The third-order valence-electron chi connectivity index (χ3n) is 5.74. The standard InChI is InChI=1S/C15H28N2/c16-17-15(11-7-3-1-2-4-8-11)14-12-9-5-6-10-13(12)14/h11-15,17H,1-10,16H2. The van der Waals surface area contributed by atoms with Crippen LogP contribution in [0.15, 0.2) is 0 Å². The van der Waals surface area contributed by atoms with E-state index in [0.29, 0.717) is 6.04 Å². The van der Waals surface area contributed by atoms with Gasteiger partial charge in [0.2, 0.25) is 0 Å². The Hall–Kier alpha value is -0.0800. The molecule has 98 valence electrons. The molecule has 3 aliphatic carbocycles. The van der Waals surface area contributed by atoms with Crippen LogP contribution in [-0.4, -0.2) is 6.04 Å². The van der Waals surface area contributed by atoms with Crippen LogP contribution in [-0.2, 0) is 0 Å². The van der Waals surface area contributed by atoms with Crippen molar-refractivity contribution in [1.29, 1.82) is 0 Å². The van der Waals surface area contributed by atoms with Gasteiger partial charge < -0.3 is 0 Å². The Labute approximate surface area is 106 Å². The predicted octanol–water partition coefficient (Wildman–Crippen LogP) is 3.22. The van der Waals surface area contributed by atoms with Crippen molar-refractivity contribution >= 4 is 0 Å². The zero-order chi connectivity index (χ0) is 11.7. The van der Waals surface area contributed by atoms with Crippen LogP contribution >= 0.6 is 0 Å². The van der Waals surface area contributed by atoms with E-state index in [9.17, 15) is 0 Å². The quantitative estimate of drug-likeness (QED) is 0.448. The van der Waals surface area contributed by atoms with Gasteiger partial charge in [0.15, 0.2) is 0 Å². The van der Waals surface area contributed by atoms with E-state index < -0.39 is 0 Å². The van der Waals surface area contributed by atoms with Gasteiger partial charge in [-0.05, 0) is 49.4 Å². The predicted molar refractivity (Wildman–Crippen MR) is 71.2 cm³/mol. The van der Waals surface area contributed by atoms with Crippen LogP contribution in [0.5, 0.6) is 0 Å². The zero-order valence-corrected chi connectivity index (χ0v) is 11.0. The molecule has 0 aromatic rings. The van der Waals surface area contributed by atoms with E-state index in [1.165, 1.54) is 64.2 Å². The molecule has 0 amide bonds. The Bertz CT molecular complexity index is 231. The van der Waals surface area contributed by atoms with E-state index in [4.69, 9.17) is 5.84 Å². The first-order chi connectivity index (χ1) is 8.42. The van der Waals surface area contributed by atoms with Crippen molar-refractivity contribution in [3.63, 3.8) is 0 Å².